The normalized spacial score (nSPS) is 10.3. The number of ether oxygens (including phenoxy) is 1. The Kier molecular flexibility index (Phi) is 3.79. The van der Waals surface area contributed by atoms with Gasteiger partial charge in [0, 0.05) is 6.42 Å². The second-order valence-electron chi connectivity index (χ2n) is 3.92. The van der Waals surface area contributed by atoms with Crippen molar-refractivity contribution in [2.45, 2.75) is 13.0 Å². The summed E-state index contributed by atoms with van der Waals surface area (Å²) >= 11 is 0. The summed E-state index contributed by atoms with van der Waals surface area (Å²) in [5, 5.41) is 0. The predicted octanol–water partition coefficient (Wildman–Crippen LogP) is 2.17. The first-order chi connectivity index (χ1) is 8.72. The summed E-state index contributed by atoms with van der Waals surface area (Å²) in [5.74, 6) is 1.63. The third-order valence-corrected chi connectivity index (χ3v) is 2.64. The molecule has 2 rings (SSSR count). The average Bonchev–Trinajstić information content (AvgIpc) is 2.88. The molecule has 0 saturated carbocycles. The van der Waals surface area contributed by atoms with E-state index in [1.807, 2.05) is 24.3 Å². The molecule has 1 heterocycles. The van der Waals surface area contributed by atoms with Gasteiger partial charge in [0.1, 0.15) is 11.5 Å². The molecule has 0 saturated heterocycles. The molecule has 18 heavy (non-hydrogen) atoms. The number of carbonyl (C=O) groups excluding carboxylic acids is 1. The molecule has 4 heteroatoms. The van der Waals surface area contributed by atoms with Gasteiger partial charge in [-0.15, -0.1) is 0 Å². The molecule has 0 fully saturated rings. The van der Waals surface area contributed by atoms with Crippen LogP contribution in [-0.4, -0.2) is 12.9 Å². The Morgan fingerprint density at radius 1 is 1.33 bits per heavy atom. The number of hydrogen-bond acceptors (Lipinski definition) is 4. The van der Waals surface area contributed by atoms with Gasteiger partial charge in [-0.3, -0.25) is 4.79 Å². The summed E-state index contributed by atoms with van der Waals surface area (Å²) in [6, 6.07) is 10.8. The highest BCUT2D eigenvalue weighted by molar-refractivity contribution is 5.95. The number of ketones is 1. The Morgan fingerprint density at radius 3 is 2.83 bits per heavy atom. The minimum atomic E-state index is -0.0667. The molecule has 0 atom stereocenters. The van der Waals surface area contributed by atoms with E-state index in [-0.39, 0.29) is 12.2 Å². The van der Waals surface area contributed by atoms with Crippen LogP contribution < -0.4 is 10.5 Å². The van der Waals surface area contributed by atoms with Crippen LogP contribution in [0.4, 0.5) is 0 Å². The fourth-order valence-electron chi connectivity index (χ4n) is 1.69. The molecule has 0 aliphatic rings. The van der Waals surface area contributed by atoms with Crippen molar-refractivity contribution < 1.29 is 13.9 Å². The summed E-state index contributed by atoms with van der Waals surface area (Å²) < 4.78 is 10.4. The summed E-state index contributed by atoms with van der Waals surface area (Å²) in [7, 11) is 1.60. The zero-order chi connectivity index (χ0) is 13.0. The second-order valence-corrected chi connectivity index (χ2v) is 3.92. The topological polar surface area (TPSA) is 65.5 Å². The van der Waals surface area contributed by atoms with Crippen LogP contribution in [0, 0.1) is 0 Å². The molecule has 0 amide bonds. The summed E-state index contributed by atoms with van der Waals surface area (Å²) in [4.78, 5) is 12.0. The molecule has 4 nitrogen and oxygen atoms in total. The summed E-state index contributed by atoms with van der Waals surface area (Å²) in [5.41, 5.74) is 6.33. The van der Waals surface area contributed by atoms with E-state index in [0.717, 1.165) is 11.3 Å². The van der Waals surface area contributed by atoms with E-state index >= 15 is 0 Å². The predicted molar refractivity (Wildman–Crippen MR) is 67.6 cm³/mol. The van der Waals surface area contributed by atoms with Crippen molar-refractivity contribution in [2.24, 2.45) is 5.73 Å². The highest BCUT2D eigenvalue weighted by Crippen LogP contribution is 2.16. The maximum Gasteiger partial charge on any atom is 0.202 e. The molecule has 2 N–H and O–H groups in total. The maximum atomic E-state index is 12.0. The molecule has 0 spiro atoms. The Labute approximate surface area is 105 Å². The highest BCUT2D eigenvalue weighted by Gasteiger charge is 2.11. The molecule has 0 aliphatic heterocycles. The number of benzene rings is 1. The number of methoxy groups -OCH3 is 1. The number of rotatable bonds is 5. The summed E-state index contributed by atoms with van der Waals surface area (Å²) in [6.45, 7) is 0.298. The van der Waals surface area contributed by atoms with Crippen LogP contribution in [0.3, 0.4) is 0 Å². The fourth-order valence-corrected chi connectivity index (χ4v) is 1.69. The minimum Gasteiger partial charge on any atom is -0.497 e. The minimum absolute atomic E-state index is 0.0667. The van der Waals surface area contributed by atoms with Crippen LogP contribution in [0.25, 0.3) is 0 Å². The van der Waals surface area contributed by atoms with E-state index in [1.54, 1.807) is 19.2 Å². The molecular formula is C14H15NO3. The van der Waals surface area contributed by atoms with Crippen LogP contribution in [-0.2, 0) is 13.0 Å². The largest absolute Gasteiger partial charge is 0.497 e. The number of nitrogens with two attached hydrogens (primary N) is 1. The zero-order valence-corrected chi connectivity index (χ0v) is 10.2. The van der Waals surface area contributed by atoms with Crippen LogP contribution in [0.2, 0.25) is 0 Å². The second kappa shape index (κ2) is 5.51. The standard InChI is InChI=1S/C14H15NO3/c1-17-11-4-2-3-10(7-11)8-13(16)14-6-5-12(9-15)18-14/h2-7H,8-9,15H2,1H3. The number of carbonyl (C=O) groups is 1. The fraction of sp³-hybridized carbons (Fsp3) is 0.214. The monoisotopic (exact) mass is 245 g/mol. The van der Waals surface area contributed by atoms with Crippen molar-refractivity contribution >= 4 is 5.78 Å². The number of furan rings is 1. The van der Waals surface area contributed by atoms with E-state index < -0.39 is 0 Å². The smallest absolute Gasteiger partial charge is 0.202 e. The average molecular weight is 245 g/mol. The zero-order valence-electron chi connectivity index (χ0n) is 10.2. The lowest BCUT2D eigenvalue weighted by molar-refractivity contribution is 0.0964. The van der Waals surface area contributed by atoms with Crippen LogP contribution in [0.5, 0.6) is 5.75 Å². The maximum absolute atomic E-state index is 12.0. The van der Waals surface area contributed by atoms with Crippen LogP contribution in [0.15, 0.2) is 40.8 Å². The van der Waals surface area contributed by atoms with Gasteiger partial charge in [0.15, 0.2) is 5.76 Å². The van der Waals surface area contributed by atoms with Crippen molar-refractivity contribution in [3.8, 4) is 5.75 Å². The molecule has 0 bridgehead atoms. The van der Waals surface area contributed by atoms with Gasteiger partial charge in [0.25, 0.3) is 0 Å². The van der Waals surface area contributed by atoms with Crippen molar-refractivity contribution in [3.63, 3.8) is 0 Å². The highest BCUT2D eigenvalue weighted by atomic mass is 16.5. The lowest BCUT2D eigenvalue weighted by Crippen LogP contribution is -2.02. The number of Topliss-reactive ketones (excluding diaryl/α,β-unsaturated/α-hetero) is 1. The van der Waals surface area contributed by atoms with Crippen LogP contribution in [0.1, 0.15) is 21.9 Å². The van der Waals surface area contributed by atoms with Gasteiger partial charge in [-0.25, -0.2) is 0 Å². The first-order valence-corrected chi connectivity index (χ1v) is 5.68. The van der Waals surface area contributed by atoms with E-state index in [1.165, 1.54) is 0 Å². The van der Waals surface area contributed by atoms with Gasteiger partial charge >= 0.3 is 0 Å². The van der Waals surface area contributed by atoms with Gasteiger partial charge in [0.05, 0.1) is 13.7 Å². The SMILES string of the molecule is COc1cccc(CC(=O)c2ccc(CN)o2)c1. The van der Waals surface area contributed by atoms with Gasteiger partial charge in [-0.05, 0) is 29.8 Å². The van der Waals surface area contributed by atoms with Crippen molar-refractivity contribution in [3.05, 3.63) is 53.5 Å². The molecule has 2 aromatic rings. The Morgan fingerprint density at radius 2 is 2.17 bits per heavy atom. The first-order valence-electron chi connectivity index (χ1n) is 5.68. The van der Waals surface area contributed by atoms with Crippen molar-refractivity contribution in [1.82, 2.24) is 0 Å². The molecule has 0 unspecified atom stereocenters. The van der Waals surface area contributed by atoms with E-state index in [4.69, 9.17) is 14.9 Å². The first kappa shape index (κ1) is 12.4. The quantitative estimate of drug-likeness (QED) is 0.820. The van der Waals surface area contributed by atoms with Gasteiger partial charge in [0.2, 0.25) is 5.78 Å². The molecule has 94 valence electrons. The molecule has 0 aliphatic carbocycles. The summed E-state index contributed by atoms with van der Waals surface area (Å²) in [6.07, 6.45) is 0.286. The van der Waals surface area contributed by atoms with Gasteiger partial charge < -0.3 is 14.9 Å². The van der Waals surface area contributed by atoms with E-state index in [0.29, 0.717) is 18.1 Å². The Hall–Kier alpha value is -2.07. The van der Waals surface area contributed by atoms with Gasteiger partial charge in [-0.2, -0.15) is 0 Å². The lowest BCUT2D eigenvalue weighted by atomic mass is 10.1. The lowest BCUT2D eigenvalue weighted by Gasteiger charge is -2.02. The number of hydrogen-bond donors (Lipinski definition) is 1. The molecular weight excluding hydrogens is 230 g/mol. The molecule has 1 aromatic carbocycles. The van der Waals surface area contributed by atoms with E-state index in [9.17, 15) is 4.79 Å². The molecule has 0 radical (unpaired) electrons. The third kappa shape index (κ3) is 2.78. The van der Waals surface area contributed by atoms with Gasteiger partial charge in [-0.1, -0.05) is 12.1 Å². The van der Waals surface area contributed by atoms with Crippen molar-refractivity contribution in [1.29, 1.82) is 0 Å². The Balaban J connectivity index is 2.10. The van der Waals surface area contributed by atoms with E-state index in [2.05, 4.69) is 0 Å². The third-order valence-electron chi connectivity index (χ3n) is 2.64. The molecule has 1 aromatic heterocycles. The Bertz CT molecular complexity index is 545. The van der Waals surface area contributed by atoms with Crippen molar-refractivity contribution in [2.75, 3.05) is 7.11 Å². The van der Waals surface area contributed by atoms with Crippen LogP contribution >= 0.6 is 0 Å².